The van der Waals surface area contributed by atoms with E-state index in [9.17, 15) is 4.79 Å². The molecule has 2 aromatic heterocycles. The second-order valence-electron chi connectivity index (χ2n) is 6.97. The first-order valence-corrected chi connectivity index (χ1v) is 9.32. The van der Waals surface area contributed by atoms with Crippen molar-refractivity contribution in [3.05, 3.63) is 53.9 Å². The van der Waals surface area contributed by atoms with Crippen molar-refractivity contribution in [2.45, 2.75) is 31.6 Å². The third-order valence-corrected chi connectivity index (χ3v) is 5.12. The highest BCUT2D eigenvalue weighted by Crippen LogP contribution is 2.44. The van der Waals surface area contributed by atoms with E-state index in [2.05, 4.69) is 34.6 Å². The molecule has 0 aliphatic heterocycles. The lowest BCUT2D eigenvalue weighted by Gasteiger charge is -2.13. The van der Waals surface area contributed by atoms with E-state index in [1.807, 2.05) is 12.3 Å². The van der Waals surface area contributed by atoms with Crippen LogP contribution < -0.4 is 10.1 Å². The highest BCUT2D eigenvalue weighted by molar-refractivity contribution is 5.89. The topological polar surface area (TPSA) is 64.1 Å². The van der Waals surface area contributed by atoms with Crippen molar-refractivity contribution in [3.63, 3.8) is 0 Å². The molecule has 2 heterocycles. The lowest BCUT2D eigenvalue weighted by Crippen LogP contribution is -2.18. The Labute approximate surface area is 158 Å². The van der Waals surface area contributed by atoms with Gasteiger partial charge in [-0.3, -0.25) is 9.78 Å². The Kier molecular flexibility index (Phi) is 4.75. The van der Waals surface area contributed by atoms with Gasteiger partial charge in [0.25, 0.3) is 0 Å². The summed E-state index contributed by atoms with van der Waals surface area (Å²) in [6.07, 6.45) is 7.09. The number of nitrogens with zero attached hydrogens (tertiary/aromatic N) is 2. The third-order valence-electron chi connectivity index (χ3n) is 5.12. The molecule has 1 aliphatic rings. The third kappa shape index (κ3) is 3.63. The summed E-state index contributed by atoms with van der Waals surface area (Å²) < 4.78 is 5.32. The molecule has 5 heteroatoms. The van der Waals surface area contributed by atoms with Crippen LogP contribution in [0.5, 0.6) is 5.75 Å². The summed E-state index contributed by atoms with van der Waals surface area (Å²) >= 11 is 0. The second kappa shape index (κ2) is 7.35. The monoisotopic (exact) mass is 361 g/mol. The predicted molar refractivity (Wildman–Crippen MR) is 106 cm³/mol. The zero-order chi connectivity index (χ0) is 18.8. The normalized spacial score (nSPS) is 13.6. The molecule has 3 aromatic rings. The van der Waals surface area contributed by atoms with Gasteiger partial charge in [0.2, 0.25) is 5.91 Å². The molecule has 0 spiro atoms. The number of methoxy groups -OCH3 is 1. The molecule has 0 bridgehead atoms. The number of fused-ring (bicyclic) bond motifs is 1. The summed E-state index contributed by atoms with van der Waals surface area (Å²) in [5.41, 5.74) is 5.29. The Morgan fingerprint density at radius 1 is 1.26 bits per heavy atom. The molecule has 1 fully saturated rings. The van der Waals surface area contributed by atoms with Gasteiger partial charge in [-0.2, -0.15) is 0 Å². The average molecular weight is 361 g/mol. The van der Waals surface area contributed by atoms with Crippen LogP contribution in [0.25, 0.3) is 22.2 Å². The minimum Gasteiger partial charge on any atom is -0.495 e. The fourth-order valence-electron chi connectivity index (χ4n) is 3.46. The van der Waals surface area contributed by atoms with E-state index in [1.165, 1.54) is 23.8 Å². The van der Waals surface area contributed by atoms with Crippen LogP contribution in [-0.4, -0.2) is 30.0 Å². The molecule has 1 aromatic carbocycles. The van der Waals surface area contributed by atoms with Crippen molar-refractivity contribution >= 4 is 16.8 Å². The first-order chi connectivity index (χ1) is 13.2. The summed E-state index contributed by atoms with van der Waals surface area (Å²) in [5.74, 6) is 1.36. The standard InChI is InChI=1S/C22H23N3O2/c1-23-21(26)9-8-15-4-3-5-18-19(14-6-7-14)11-20(25-22(15)18)16-10-17(27-2)13-24-12-16/h3-5,10-14H,6-9H2,1-2H3,(H,23,26). The second-order valence-corrected chi connectivity index (χ2v) is 6.97. The van der Waals surface area contributed by atoms with Gasteiger partial charge in [0.05, 0.1) is 24.5 Å². The fraction of sp³-hybridized carbons (Fsp3) is 0.318. The van der Waals surface area contributed by atoms with E-state index in [-0.39, 0.29) is 5.91 Å². The van der Waals surface area contributed by atoms with Crippen molar-refractivity contribution in [3.8, 4) is 17.0 Å². The molecule has 1 saturated carbocycles. The molecule has 0 radical (unpaired) electrons. The Balaban J connectivity index is 1.84. The largest absolute Gasteiger partial charge is 0.495 e. The molecule has 5 nitrogen and oxygen atoms in total. The van der Waals surface area contributed by atoms with Crippen LogP contribution in [0, 0.1) is 0 Å². The van der Waals surface area contributed by atoms with Crippen LogP contribution in [0.15, 0.2) is 42.7 Å². The number of hydrogen-bond donors (Lipinski definition) is 1. The number of rotatable bonds is 6. The van der Waals surface area contributed by atoms with E-state index < -0.39 is 0 Å². The van der Waals surface area contributed by atoms with Gasteiger partial charge in [-0.1, -0.05) is 18.2 Å². The number of pyridine rings is 2. The van der Waals surface area contributed by atoms with E-state index in [4.69, 9.17) is 9.72 Å². The summed E-state index contributed by atoms with van der Waals surface area (Å²) in [4.78, 5) is 21.0. The maximum Gasteiger partial charge on any atom is 0.220 e. The van der Waals surface area contributed by atoms with Crippen LogP contribution in [-0.2, 0) is 11.2 Å². The summed E-state index contributed by atoms with van der Waals surface area (Å²) in [6, 6.07) is 10.4. The van der Waals surface area contributed by atoms with Crippen molar-refractivity contribution < 1.29 is 9.53 Å². The molecule has 1 N–H and O–H groups in total. The molecule has 0 unspecified atom stereocenters. The number of amides is 1. The number of ether oxygens (including phenoxy) is 1. The van der Waals surface area contributed by atoms with Gasteiger partial charge in [0.15, 0.2) is 0 Å². The molecular formula is C22H23N3O2. The van der Waals surface area contributed by atoms with Crippen molar-refractivity contribution in [2.75, 3.05) is 14.2 Å². The number of benzene rings is 1. The molecule has 27 heavy (non-hydrogen) atoms. The summed E-state index contributed by atoms with van der Waals surface area (Å²) in [5, 5.41) is 3.89. The molecule has 0 atom stereocenters. The number of para-hydroxylation sites is 1. The molecule has 4 rings (SSSR count). The van der Waals surface area contributed by atoms with E-state index >= 15 is 0 Å². The zero-order valence-corrected chi connectivity index (χ0v) is 15.7. The fourth-order valence-corrected chi connectivity index (χ4v) is 3.46. The smallest absolute Gasteiger partial charge is 0.220 e. The van der Waals surface area contributed by atoms with E-state index in [1.54, 1.807) is 20.4 Å². The van der Waals surface area contributed by atoms with Crippen molar-refractivity contribution in [2.24, 2.45) is 0 Å². The average Bonchev–Trinajstić information content (AvgIpc) is 3.56. The van der Waals surface area contributed by atoms with Crippen molar-refractivity contribution in [1.29, 1.82) is 0 Å². The lowest BCUT2D eigenvalue weighted by molar-refractivity contribution is -0.120. The molecule has 0 saturated heterocycles. The van der Waals surface area contributed by atoms with Gasteiger partial charge in [0.1, 0.15) is 5.75 Å². The van der Waals surface area contributed by atoms with Crippen molar-refractivity contribution in [1.82, 2.24) is 15.3 Å². The zero-order valence-electron chi connectivity index (χ0n) is 15.7. The highest BCUT2D eigenvalue weighted by atomic mass is 16.5. The summed E-state index contributed by atoms with van der Waals surface area (Å²) in [7, 11) is 3.31. The quantitative estimate of drug-likeness (QED) is 0.724. The number of hydrogen-bond acceptors (Lipinski definition) is 4. The van der Waals surface area contributed by atoms with Crippen LogP contribution >= 0.6 is 0 Å². The lowest BCUT2D eigenvalue weighted by atomic mass is 9.97. The molecule has 1 amide bonds. The Hall–Kier alpha value is -2.95. The van der Waals surface area contributed by atoms with E-state index in [0.29, 0.717) is 18.8 Å². The highest BCUT2D eigenvalue weighted by Gasteiger charge is 2.27. The molecule has 138 valence electrons. The van der Waals surface area contributed by atoms with Crippen LogP contribution in [0.2, 0.25) is 0 Å². The molecule has 1 aliphatic carbocycles. The SMILES string of the molecule is CNC(=O)CCc1cccc2c(C3CC3)cc(-c3cncc(OC)c3)nc12. The van der Waals surface area contributed by atoms with Crippen LogP contribution in [0.4, 0.5) is 0 Å². The number of carbonyl (C=O) groups excluding carboxylic acids is 1. The Bertz CT molecular complexity index is 996. The van der Waals surface area contributed by atoms with Gasteiger partial charge < -0.3 is 10.1 Å². The van der Waals surface area contributed by atoms with Gasteiger partial charge in [-0.05, 0) is 48.4 Å². The number of aryl methyl sites for hydroxylation is 1. The minimum atomic E-state index is 0.0440. The van der Waals surface area contributed by atoms with Gasteiger partial charge in [0, 0.05) is 30.6 Å². The first kappa shape index (κ1) is 17.5. The van der Waals surface area contributed by atoms with E-state index in [0.717, 1.165) is 28.1 Å². The molecular weight excluding hydrogens is 338 g/mol. The minimum absolute atomic E-state index is 0.0440. The predicted octanol–water partition coefficient (Wildman–Crippen LogP) is 3.86. The maximum atomic E-state index is 11.7. The first-order valence-electron chi connectivity index (χ1n) is 9.32. The van der Waals surface area contributed by atoms with Gasteiger partial charge >= 0.3 is 0 Å². The number of aromatic nitrogens is 2. The Morgan fingerprint density at radius 3 is 2.85 bits per heavy atom. The van der Waals surface area contributed by atoms with Crippen LogP contribution in [0.3, 0.4) is 0 Å². The summed E-state index contributed by atoms with van der Waals surface area (Å²) in [6.45, 7) is 0. The number of carbonyl (C=O) groups is 1. The van der Waals surface area contributed by atoms with Gasteiger partial charge in [-0.15, -0.1) is 0 Å². The number of nitrogens with one attached hydrogen (secondary N) is 1. The van der Waals surface area contributed by atoms with Gasteiger partial charge in [-0.25, -0.2) is 4.98 Å². The Morgan fingerprint density at radius 2 is 2.11 bits per heavy atom. The van der Waals surface area contributed by atoms with Crippen LogP contribution in [0.1, 0.15) is 36.3 Å². The maximum absolute atomic E-state index is 11.7.